The van der Waals surface area contributed by atoms with Crippen molar-refractivity contribution < 1.29 is 0 Å². The van der Waals surface area contributed by atoms with Gasteiger partial charge >= 0.3 is 0 Å². The van der Waals surface area contributed by atoms with Crippen LogP contribution in [0.15, 0.2) is 24.3 Å². The summed E-state index contributed by atoms with van der Waals surface area (Å²) < 4.78 is 0. The van der Waals surface area contributed by atoms with Crippen molar-refractivity contribution in [3.8, 4) is 0 Å². The zero-order chi connectivity index (χ0) is 10.1. The zero-order valence-corrected chi connectivity index (χ0v) is 8.67. The molecule has 2 rings (SSSR count). The van der Waals surface area contributed by atoms with Gasteiger partial charge in [0.25, 0.3) is 0 Å². The minimum absolute atomic E-state index is 0.467. The summed E-state index contributed by atoms with van der Waals surface area (Å²) in [5, 5.41) is 1.81. The van der Waals surface area contributed by atoms with Crippen molar-refractivity contribution >= 4 is 22.5 Å². The molecule has 1 aromatic heterocycles. The molecule has 72 valence electrons. The molecule has 0 fully saturated rings. The van der Waals surface area contributed by atoms with Gasteiger partial charge in [-0.2, -0.15) is 0 Å². The van der Waals surface area contributed by atoms with Gasteiger partial charge in [-0.05, 0) is 30.7 Å². The zero-order valence-electron chi connectivity index (χ0n) is 7.92. The Balaban J connectivity index is 2.73. The Hall–Kier alpha value is -1.12. The molecule has 0 aliphatic rings. The van der Waals surface area contributed by atoms with Crippen LogP contribution in [0.1, 0.15) is 11.3 Å². The molecule has 0 amide bonds. The van der Waals surface area contributed by atoms with E-state index in [1.54, 1.807) is 0 Å². The van der Waals surface area contributed by atoms with Gasteiger partial charge in [0.1, 0.15) is 0 Å². The van der Waals surface area contributed by atoms with Crippen LogP contribution in [0.5, 0.6) is 0 Å². The minimum atomic E-state index is 0.467. The number of aryl methyl sites for hydroxylation is 1. The molecule has 0 saturated heterocycles. The summed E-state index contributed by atoms with van der Waals surface area (Å²) in [6.07, 6.45) is 0. The molecule has 14 heavy (non-hydrogen) atoms. The van der Waals surface area contributed by atoms with E-state index in [1.165, 1.54) is 0 Å². The number of pyridine rings is 1. The van der Waals surface area contributed by atoms with E-state index in [2.05, 4.69) is 11.1 Å². The van der Waals surface area contributed by atoms with Crippen molar-refractivity contribution in [2.24, 2.45) is 5.73 Å². The third-order valence-corrected chi connectivity index (χ3v) is 2.50. The standard InChI is InChI=1S/C11H11ClN2/c1-7-4-8-2-3-9(12)5-10(8)14-11(7)6-13/h2-5H,6,13H2,1H3. The average Bonchev–Trinajstić information content (AvgIpc) is 2.17. The molecule has 1 aromatic carbocycles. The topological polar surface area (TPSA) is 38.9 Å². The van der Waals surface area contributed by atoms with Crippen LogP contribution in [0.25, 0.3) is 10.9 Å². The van der Waals surface area contributed by atoms with Crippen LogP contribution in [0, 0.1) is 6.92 Å². The lowest BCUT2D eigenvalue weighted by atomic mass is 10.1. The smallest absolute Gasteiger partial charge is 0.0720 e. The molecule has 0 bridgehead atoms. The molecule has 0 atom stereocenters. The third-order valence-electron chi connectivity index (χ3n) is 2.27. The number of fused-ring (bicyclic) bond motifs is 1. The Morgan fingerprint density at radius 2 is 2.14 bits per heavy atom. The molecular formula is C11H11ClN2. The number of hydrogen-bond donors (Lipinski definition) is 1. The highest BCUT2D eigenvalue weighted by Gasteiger charge is 2.01. The summed E-state index contributed by atoms with van der Waals surface area (Å²) in [5.41, 5.74) is 8.55. The van der Waals surface area contributed by atoms with Crippen molar-refractivity contribution in [3.05, 3.63) is 40.5 Å². The molecule has 0 radical (unpaired) electrons. The molecule has 2 nitrogen and oxygen atoms in total. The van der Waals surface area contributed by atoms with E-state index in [0.717, 1.165) is 22.2 Å². The Kier molecular flexibility index (Phi) is 2.40. The second-order valence-electron chi connectivity index (χ2n) is 3.29. The van der Waals surface area contributed by atoms with Gasteiger partial charge in [0, 0.05) is 17.0 Å². The van der Waals surface area contributed by atoms with E-state index in [9.17, 15) is 0 Å². The van der Waals surface area contributed by atoms with E-state index in [1.807, 2.05) is 25.1 Å². The quantitative estimate of drug-likeness (QED) is 0.779. The Bertz CT molecular complexity index is 480. The molecule has 0 aliphatic heterocycles. The van der Waals surface area contributed by atoms with E-state index < -0.39 is 0 Å². The predicted octanol–water partition coefficient (Wildman–Crippen LogP) is 2.66. The van der Waals surface area contributed by atoms with Crippen LogP contribution in [-0.2, 0) is 6.54 Å². The number of nitrogens with zero attached hydrogens (tertiary/aromatic N) is 1. The first-order valence-corrected chi connectivity index (χ1v) is 4.84. The highest BCUT2D eigenvalue weighted by molar-refractivity contribution is 6.31. The first kappa shape index (κ1) is 9.44. The van der Waals surface area contributed by atoms with Gasteiger partial charge in [-0.1, -0.05) is 17.7 Å². The number of aromatic nitrogens is 1. The second-order valence-corrected chi connectivity index (χ2v) is 3.73. The molecule has 0 unspecified atom stereocenters. The number of rotatable bonds is 1. The molecule has 1 heterocycles. The van der Waals surface area contributed by atoms with Crippen molar-refractivity contribution in [2.45, 2.75) is 13.5 Å². The van der Waals surface area contributed by atoms with Crippen LogP contribution >= 0.6 is 11.6 Å². The van der Waals surface area contributed by atoms with Gasteiger partial charge < -0.3 is 5.73 Å². The lowest BCUT2D eigenvalue weighted by Crippen LogP contribution is -2.02. The first-order valence-electron chi connectivity index (χ1n) is 4.46. The fraction of sp³-hybridized carbons (Fsp3) is 0.182. The van der Waals surface area contributed by atoms with Crippen molar-refractivity contribution in [3.63, 3.8) is 0 Å². The van der Waals surface area contributed by atoms with E-state index in [0.29, 0.717) is 11.6 Å². The van der Waals surface area contributed by atoms with Gasteiger partial charge in [0.05, 0.1) is 11.2 Å². The summed E-state index contributed by atoms with van der Waals surface area (Å²) in [4.78, 5) is 4.44. The monoisotopic (exact) mass is 206 g/mol. The van der Waals surface area contributed by atoms with Crippen LogP contribution in [0.2, 0.25) is 5.02 Å². The highest BCUT2D eigenvalue weighted by atomic mass is 35.5. The van der Waals surface area contributed by atoms with E-state index in [4.69, 9.17) is 17.3 Å². The number of nitrogens with two attached hydrogens (primary N) is 1. The third kappa shape index (κ3) is 1.59. The van der Waals surface area contributed by atoms with Gasteiger partial charge in [0.2, 0.25) is 0 Å². The SMILES string of the molecule is Cc1cc2ccc(Cl)cc2nc1CN. The average molecular weight is 207 g/mol. The minimum Gasteiger partial charge on any atom is -0.325 e. The Morgan fingerprint density at radius 3 is 2.86 bits per heavy atom. The Morgan fingerprint density at radius 1 is 1.36 bits per heavy atom. The molecule has 0 saturated carbocycles. The van der Waals surface area contributed by atoms with Crippen molar-refractivity contribution in [1.82, 2.24) is 4.98 Å². The fourth-order valence-corrected chi connectivity index (χ4v) is 1.66. The lowest BCUT2D eigenvalue weighted by Gasteiger charge is -2.04. The molecule has 0 aliphatic carbocycles. The first-order chi connectivity index (χ1) is 6.70. The normalized spacial score (nSPS) is 10.8. The molecule has 2 aromatic rings. The van der Waals surface area contributed by atoms with Crippen LogP contribution in [-0.4, -0.2) is 4.98 Å². The summed E-state index contributed by atoms with van der Waals surface area (Å²) in [7, 11) is 0. The highest BCUT2D eigenvalue weighted by Crippen LogP contribution is 2.20. The lowest BCUT2D eigenvalue weighted by molar-refractivity contribution is 0.985. The summed E-state index contributed by atoms with van der Waals surface area (Å²) in [6.45, 7) is 2.48. The van der Waals surface area contributed by atoms with Crippen molar-refractivity contribution in [2.75, 3.05) is 0 Å². The predicted molar refractivity (Wildman–Crippen MR) is 59.4 cm³/mol. The maximum atomic E-state index is 5.88. The van der Waals surface area contributed by atoms with Crippen LogP contribution < -0.4 is 5.73 Å². The largest absolute Gasteiger partial charge is 0.325 e. The van der Waals surface area contributed by atoms with Gasteiger partial charge in [0.15, 0.2) is 0 Å². The Labute approximate surface area is 87.7 Å². The van der Waals surface area contributed by atoms with Crippen LogP contribution in [0.3, 0.4) is 0 Å². The van der Waals surface area contributed by atoms with Gasteiger partial charge in [-0.15, -0.1) is 0 Å². The number of hydrogen-bond acceptors (Lipinski definition) is 2. The maximum Gasteiger partial charge on any atom is 0.0720 e. The molecular weight excluding hydrogens is 196 g/mol. The van der Waals surface area contributed by atoms with Gasteiger partial charge in [-0.25, -0.2) is 0 Å². The number of benzene rings is 1. The molecule has 0 spiro atoms. The maximum absolute atomic E-state index is 5.88. The fourth-order valence-electron chi connectivity index (χ4n) is 1.49. The molecule has 2 N–H and O–H groups in total. The molecule has 3 heteroatoms. The van der Waals surface area contributed by atoms with Crippen molar-refractivity contribution in [1.29, 1.82) is 0 Å². The summed E-state index contributed by atoms with van der Waals surface area (Å²) in [5.74, 6) is 0. The van der Waals surface area contributed by atoms with Crippen LogP contribution in [0.4, 0.5) is 0 Å². The number of halogens is 1. The van der Waals surface area contributed by atoms with Gasteiger partial charge in [-0.3, -0.25) is 4.98 Å². The summed E-state index contributed by atoms with van der Waals surface area (Å²) in [6, 6.07) is 7.78. The summed E-state index contributed by atoms with van der Waals surface area (Å²) >= 11 is 5.88. The van der Waals surface area contributed by atoms with E-state index in [-0.39, 0.29) is 0 Å². The van der Waals surface area contributed by atoms with E-state index >= 15 is 0 Å². The second kappa shape index (κ2) is 3.56.